The highest BCUT2D eigenvalue weighted by Crippen LogP contribution is 2.26. The van der Waals surface area contributed by atoms with E-state index in [9.17, 15) is 4.79 Å². The number of rotatable bonds is 3. The molecule has 2 aromatic rings. The number of benzene rings is 1. The molecule has 1 fully saturated rings. The van der Waals surface area contributed by atoms with E-state index in [0.29, 0.717) is 18.9 Å². The number of anilines is 1. The van der Waals surface area contributed by atoms with Crippen LogP contribution in [-0.2, 0) is 4.79 Å². The molecule has 3 nitrogen and oxygen atoms in total. The standard InChI is InChI=1S/C16H16N2OS/c19-16-9-12(11-20)10-18(16)15-8-4-7-14(17-15)13-5-2-1-3-6-13/h1-8,12,20H,9-11H2. The zero-order valence-electron chi connectivity index (χ0n) is 11.1. The zero-order valence-corrected chi connectivity index (χ0v) is 12.0. The quantitative estimate of drug-likeness (QED) is 0.879. The summed E-state index contributed by atoms with van der Waals surface area (Å²) in [4.78, 5) is 18.4. The minimum absolute atomic E-state index is 0.141. The Bertz CT molecular complexity index is 615. The second kappa shape index (κ2) is 5.67. The number of nitrogens with zero attached hydrogens (tertiary/aromatic N) is 2. The monoisotopic (exact) mass is 284 g/mol. The SMILES string of the molecule is O=C1CC(CS)CN1c1cccc(-c2ccccc2)n1. The minimum atomic E-state index is 0.141. The lowest BCUT2D eigenvalue weighted by Gasteiger charge is -2.16. The fourth-order valence-electron chi connectivity index (χ4n) is 2.47. The molecular weight excluding hydrogens is 268 g/mol. The van der Waals surface area contributed by atoms with Gasteiger partial charge in [0.25, 0.3) is 0 Å². The lowest BCUT2D eigenvalue weighted by molar-refractivity contribution is -0.117. The largest absolute Gasteiger partial charge is 0.296 e. The van der Waals surface area contributed by atoms with E-state index in [1.54, 1.807) is 4.90 Å². The smallest absolute Gasteiger partial charge is 0.228 e. The van der Waals surface area contributed by atoms with E-state index in [0.717, 1.165) is 22.8 Å². The molecule has 0 saturated carbocycles. The summed E-state index contributed by atoms with van der Waals surface area (Å²) in [6, 6.07) is 15.8. The third-order valence-corrected chi connectivity index (χ3v) is 4.06. The summed E-state index contributed by atoms with van der Waals surface area (Å²) in [5.41, 5.74) is 1.96. The maximum absolute atomic E-state index is 12.0. The summed E-state index contributed by atoms with van der Waals surface area (Å²) in [5.74, 6) is 1.94. The Morgan fingerprint density at radius 3 is 2.65 bits per heavy atom. The van der Waals surface area contributed by atoms with Gasteiger partial charge >= 0.3 is 0 Å². The van der Waals surface area contributed by atoms with Gasteiger partial charge in [0.2, 0.25) is 5.91 Å². The Balaban J connectivity index is 1.91. The first-order chi connectivity index (χ1) is 9.78. The lowest BCUT2D eigenvalue weighted by Crippen LogP contribution is -2.25. The third kappa shape index (κ3) is 2.56. The van der Waals surface area contributed by atoms with Crippen molar-refractivity contribution in [2.45, 2.75) is 6.42 Å². The molecule has 1 atom stereocenters. The van der Waals surface area contributed by atoms with Crippen LogP contribution in [0.3, 0.4) is 0 Å². The van der Waals surface area contributed by atoms with Crippen LogP contribution in [-0.4, -0.2) is 23.2 Å². The van der Waals surface area contributed by atoms with Crippen molar-refractivity contribution in [1.82, 2.24) is 4.98 Å². The lowest BCUT2D eigenvalue weighted by atomic mass is 10.1. The van der Waals surface area contributed by atoms with Gasteiger partial charge in [0.1, 0.15) is 5.82 Å². The highest BCUT2D eigenvalue weighted by atomic mass is 32.1. The second-order valence-corrected chi connectivity index (χ2v) is 5.37. The Kier molecular flexibility index (Phi) is 3.74. The van der Waals surface area contributed by atoms with Crippen molar-refractivity contribution in [2.24, 2.45) is 5.92 Å². The predicted octanol–water partition coefficient (Wildman–Crippen LogP) is 3.03. The summed E-state index contributed by atoms with van der Waals surface area (Å²) in [5, 5.41) is 0. The highest BCUT2D eigenvalue weighted by molar-refractivity contribution is 7.80. The molecule has 1 amide bonds. The fraction of sp³-hybridized carbons (Fsp3) is 0.250. The molecule has 4 heteroatoms. The molecule has 1 aliphatic rings. The van der Waals surface area contributed by atoms with Gasteiger partial charge in [-0.15, -0.1) is 0 Å². The summed E-state index contributed by atoms with van der Waals surface area (Å²) < 4.78 is 0. The molecular formula is C16H16N2OS. The molecule has 0 N–H and O–H groups in total. The van der Waals surface area contributed by atoms with E-state index in [-0.39, 0.29) is 5.91 Å². The summed E-state index contributed by atoms with van der Waals surface area (Å²) in [6.45, 7) is 0.716. The number of carbonyl (C=O) groups excluding carboxylic acids is 1. The van der Waals surface area contributed by atoms with Crippen molar-refractivity contribution in [3.8, 4) is 11.3 Å². The second-order valence-electron chi connectivity index (χ2n) is 5.00. The van der Waals surface area contributed by atoms with Gasteiger partial charge in [-0.3, -0.25) is 9.69 Å². The predicted molar refractivity (Wildman–Crippen MR) is 84.0 cm³/mol. The van der Waals surface area contributed by atoms with Gasteiger partial charge in [0.05, 0.1) is 5.69 Å². The zero-order chi connectivity index (χ0) is 13.9. The van der Waals surface area contributed by atoms with Crippen LogP contribution in [0.5, 0.6) is 0 Å². The maximum atomic E-state index is 12.0. The number of aromatic nitrogens is 1. The van der Waals surface area contributed by atoms with Gasteiger partial charge in [-0.25, -0.2) is 4.98 Å². The maximum Gasteiger partial charge on any atom is 0.228 e. The van der Waals surface area contributed by atoms with Crippen molar-refractivity contribution in [1.29, 1.82) is 0 Å². The van der Waals surface area contributed by atoms with Crippen molar-refractivity contribution >= 4 is 24.4 Å². The first kappa shape index (κ1) is 13.2. The number of hydrogen-bond donors (Lipinski definition) is 1. The normalized spacial score (nSPS) is 18.6. The number of amides is 1. The van der Waals surface area contributed by atoms with E-state index < -0.39 is 0 Å². The molecule has 0 aliphatic carbocycles. The van der Waals surface area contributed by atoms with Crippen LogP contribution < -0.4 is 4.90 Å². The van der Waals surface area contributed by atoms with Gasteiger partial charge in [-0.1, -0.05) is 36.4 Å². The van der Waals surface area contributed by atoms with E-state index >= 15 is 0 Å². The Morgan fingerprint density at radius 1 is 1.15 bits per heavy atom. The van der Waals surface area contributed by atoms with Crippen molar-refractivity contribution in [3.63, 3.8) is 0 Å². The highest BCUT2D eigenvalue weighted by Gasteiger charge is 2.30. The van der Waals surface area contributed by atoms with Gasteiger partial charge in [0.15, 0.2) is 0 Å². The molecule has 0 spiro atoms. The van der Waals surface area contributed by atoms with Gasteiger partial charge < -0.3 is 0 Å². The Labute approximate surface area is 124 Å². The van der Waals surface area contributed by atoms with Crippen LogP contribution in [0.1, 0.15) is 6.42 Å². The van der Waals surface area contributed by atoms with Crippen LogP contribution in [0.4, 0.5) is 5.82 Å². The van der Waals surface area contributed by atoms with Gasteiger partial charge in [-0.2, -0.15) is 12.6 Å². The van der Waals surface area contributed by atoms with E-state index in [1.807, 2.05) is 48.5 Å². The summed E-state index contributed by atoms with van der Waals surface area (Å²) in [6.07, 6.45) is 0.570. The van der Waals surface area contributed by atoms with Crippen molar-refractivity contribution in [2.75, 3.05) is 17.2 Å². The summed E-state index contributed by atoms with van der Waals surface area (Å²) >= 11 is 4.29. The van der Waals surface area contributed by atoms with E-state index in [2.05, 4.69) is 17.6 Å². The molecule has 1 aromatic heterocycles. The van der Waals surface area contributed by atoms with Gasteiger partial charge in [0, 0.05) is 18.5 Å². The first-order valence-electron chi connectivity index (χ1n) is 6.71. The Morgan fingerprint density at radius 2 is 1.95 bits per heavy atom. The molecule has 0 bridgehead atoms. The van der Waals surface area contributed by atoms with Crippen LogP contribution >= 0.6 is 12.6 Å². The number of carbonyl (C=O) groups is 1. The molecule has 3 rings (SSSR count). The molecule has 2 heterocycles. The van der Waals surface area contributed by atoms with Crippen LogP contribution in [0.2, 0.25) is 0 Å². The summed E-state index contributed by atoms with van der Waals surface area (Å²) in [7, 11) is 0. The number of hydrogen-bond acceptors (Lipinski definition) is 3. The number of pyridine rings is 1. The molecule has 1 unspecified atom stereocenters. The molecule has 0 radical (unpaired) electrons. The van der Waals surface area contributed by atoms with Crippen molar-refractivity contribution in [3.05, 3.63) is 48.5 Å². The average molecular weight is 284 g/mol. The van der Waals surface area contributed by atoms with Crippen LogP contribution in [0.25, 0.3) is 11.3 Å². The molecule has 1 saturated heterocycles. The molecule has 1 aromatic carbocycles. The van der Waals surface area contributed by atoms with Crippen molar-refractivity contribution < 1.29 is 4.79 Å². The van der Waals surface area contributed by atoms with Crippen LogP contribution in [0, 0.1) is 5.92 Å². The first-order valence-corrected chi connectivity index (χ1v) is 7.35. The number of thiol groups is 1. The van der Waals surface area contributed by atoms with E-state index in [4.69, 9.17) is 0 Å². The van der Waals surface area contributed by atoms with Crippen LogP contribution in [0.15, 0.2) is 48.5 Å². The Hall–Kier alpha value is -1.81. The molecule has 20 heavy (non-hydrogen) atoms. The molecule has 1 aliphatic heterocycles. The topological polar surface area (TPSA) is 33.2 Å². The third-order valence-electron chi connectivity index (χ3n) is 3.54. The molecule has 102 valence electrons. The fourth-order valence-corrected chi connectivity index (χ4v) is 2.71. The van der Waals surface area contributed by atoms with Gasteiger partial charge in [-0.05, 0) is 23.8 Å². The average Bonchev–Trinajstić information content (AvgIpc) is 2.89. The van der Waals surface area contributed by atoms with E-state index in [1.165, 1.54) is 0 Å². The minimum Gasteiger partial charge on any atom is -0.296 e.